The molecule has 1 aromatic carbocycles. The summed E-state index contributed by atoms with van der Waals surface area (Å²) >= 11 is 0. The molecular formula is C16H25NOS. The maximum Gasteiger partial charge on any atom is 0.0294 e. The zero-order chi connectivity index (χ0) is 13.8. The van der Waals surface area contributed by atoms with E-state index in [1.807, 2.05) is 0 Å². The number of hydrogen-bond acceptors (Lipinski definition) is 2. The summed E-state index contributed by atoms with van der Waals surface area (Å²) in [6, 6.07) is 9.82. The minimum Gasteiger partial charge on any atom is -0.307 e. The third-order valence-corrected chi connectivity index (χ3v) is 5.36. The van der Waals surface area contributed by atoms with Gasteiger partial charge in [-0.1, -0.05) is 38.1 Å². The summed E-state index contributed by atoms with van der Waals surface area (Å²) in [5.41, 5.74) is 2.74. The molecule has 0 aromatic heterocycles. The first kappa shape index (κ1) is 14.7. The van der Waals surface area contributed by atoms with Crippen molar-refractivity contribution < 1.29 is 4.21 Å². The zero-order valence-corrected chi connectivity index (χ0v) is 13.0. The van der Waals surface area contributed by atoms with Crippen LogP contribution in [0, 0.1) is 0 Å². The Hall–Kier alpha value is -0.670. The number of rotatable bonds is 4. The van der Waals surface area contributed by atoms with E-state index < -0.39 is 10.8 Å². The third kappa shape index (κ3) is 4.15. The van der Waals surface area contributed by atoms with E-state index in [4.69, 9.17) is 0 Å². The van der Waals surface area contributed by atoms with Crippen molar-refractivity contribution in [3.8, 4) is 0 Å². The molecule has 2 rings (SSSR count). The Bertz CT molecular complexity index is 417. The van der Waals surface area contributed by atoms with Crippen LogP contribution in [0.3, 0.4) is 0 Å². The summed E-state index contributed by atoms with van der Waals surface area (Å²) in [4.78, 5) is 0. The summed E-state index contributed by atoms with van der Waals surface area (Å²) in [5.74, 6) is 2.30. The molecule has 1 fully saturated rings. The highest BCUT2D eigenvalue weighted by atomic mass is 32.2. The van der Waals surface area contributed by atoms with Gasteiger partial charge in [0.1, 0.15) is 0 Å². The Morgan fingerprint density at radius 2 is 1.58 bits per heavy atom. The van der Waals surface area contributed by atoms with Gasteiger partial charge in [-0.2, -0.15) is 0 Å². The van der Waals surface area contributed by atoms with Crippen LogP contribution in [0.2, 0.25) is 0 Å². The highest BCUT2D eigenvalue weighted by Gasteiger charge is 2.19. The smallest absolute Gasteiger partial charge is 0.0294 e. The Morgan fingerprint density at radius 3 is 2.11 bits per heavy atom. The van der Waals surface area contributed by atoms with E-state index in [0.717, 1.165) is 24.3 Å². The van der Waals surface area contributed by atoms with Gasteiger partial charge < -0.3 is 5.32 Å². The molecule has 2 nitrogen and oxygen atoms in total. The average Bonchev–Trinajstić information content (AvgIpc) is 2.41. The molecule has 1 heterocycles. The van der Waals surface area contributed by atoms with Gasteiger partial charge in [-0.3, -0.25) is 4.21 Å². The molecule has 1 atom stereocenters. The topological polar surface area (TPSA) is 29.1 Å². The van der Waals surface area contributed by atoms with Gasteiger partial charge in [0.05, 0.1) is 0 Å². The lowest BCUT2D eigenvalue weighted by Crippen LogP contribution is -2.37. The first-order chi connectivity index (χ1) is 9.06. The molecule has 0 saturated carbocycles. The quantitative estimate of drug-likeness (QED) is 0.915. The lowest BCUT2D eigenvalue weighted by molar-refractivity contribution is 0.427. The molecule has 0 aliphatic carbocycles. The van der Waals surface area contributed by atoms with Crippen molar-refractivity contribution in [3.63, 3.8) is 0 Å². The molecular weight excluding hydrogens is 254 g/mol. The maximum atomic E-state index is 11.3. The minimum absolute atomic E-state index is 0.373. The second kappa shape index (κ2) is 6.67. The van der Waals surface area contributed by atoms with E-state index in [1.165, 1.54) is 11.1 Å². The highest BCUT2D eigenvalue weighted by Crippen LogP contribution is 2.20. The molecule has 1 aromatic rings. The predicted molar refractivity (Wildman–Crippen MR) is 83.0 cm³/mol. The fourth-order valence-corrected chi connectivity index (χ4v) is 3.88. The van der Waals surface area contributed by atoms with Gasteiger partial charge in [-0.15, -0.1) is 0 Å². The lowest BCUT2D eigenvalue weighted by atomic mass is 9.99. The Morgan fingerprint density at radius 1 is 1.05 bits per heavy atom. The van der Waals surface area contributed by atoms with Crippen molar-refractivity contribution in [2.45, 2.75) is 51.6 Å². The number of benzene rings is 1. The predicted octanol–water partition coefficient (Wildman–Crippen LogP) is 3.37. The van der Waals surface area contributed by atoms with Crippen molar-refractivity contribution in [1.82, 2.24) is 5.32 Å². The fourth-order valence-electron chi connectivity index (χ4n) is 2.58. The average molecular weight is 279 g/mol. The van der Waals surface area contributed by atoms with Crippen LogP contribution in [-0.4, -0.2) is 21.8 Å². The van der Waals surface area contributed by atoms with E-state index in [9.17, 15) is 4.21 Å². The van der Waals surface area contributed by atoms with E-state index in [-0.39, 0.29) is 0 Å². The van der Waals surface area contributed by atoms with Gasteiger partial charge >= 0.3 is 0 Å². The van der Waals surface area contributed by atoms with Crippen LogP contribution in [-0.2, 0) is 10.8 Å². The molecule has 0 radical (unpaired) electrons. The van der Waals surface area contributed by atoms with E-state index >= 15 is 0 Å². The fraction of sp³-hybridized carbons (Fsp3) is 0.625. The summed E-state index contributed by atoms with van der Waals surface area (Å²) < 4.78 is 11.3. The van der Waals surface area contributed by atoms with Crippen LogP contribution in [0.25, 0.3) is 0 Å². The zero-order valence-electron chi connectivity index (χ0n) is 12.2. The van der Waals surface area contributed by atoms with Crippen molar-refractivity contribution in [3.05, 3.63) is 35.4 Å². The summed E-state index contributed by atoms with van der Waals surface area (Å²) in [6.07, 6.45) is 2.09. The van der Waals surface area contributed by atoms with Crippen LogP contribution >= 0.6 is 0 Å². The molecule has 0 amide bonds. The normalized spacial score (nSPS) is 25.5. The van der Waals surface area contributed by atoms with Crippen molar-refractivity contribution in [2.75, 3.05) is 11.5 Å². The molecule has 1 unspecified atom stereocenters. The van der Waals surface area contributed by atoms with Gasteiger partial charge in [0.2, 0.25) is 0 Å². The van der Waals surface area contributed by atoms with Crippen LogP contribution < -0.4 is 5.32 Å². The summed E-state index contributed by atoms with van der Waals surface area (Å²) in [7, 11) is -0.569. The van der Waals surface area contributed by atoms with Gasteiger partial charge in [0.25, 0.3) is 0 Å². The number of hydrogen-bond donors (Lipinski definition) is 1. The van der Waals surface area contributed by atoms with E-state index in [1.54, 1.807) is 0 Å². The van der Waals surface area contributed by atoms with Crippen molar-refractivity contribution >= 4 is 10.8 Å². The minimum atomic E-state index is -0.569. The van der Waals surface area contributed by atoms with E-state index in [2.05, 4.69) is 50.4 Å². The SMILES string of the molecule is CC(C)c1ccc(C(C)NC2CCS(=O)CC2)cc1. The van der Waals surface area contributed by atoms with Crippen molar-refractivity contribution in [2.24, 2.45) is 0 Å². The highest BCUT2D eigenvalue weighted by molar-refractivity contribution is 7.85. The second-order valence-electron chi connectivity index (χ2n) is 5.83. The van der Waals surface area contributed by atoms with Crippen molar-refractivity contribution in [1.29, 1.82) is 0 Å². The molecule has 0 bridgehead atoms. The molecule has 3 heteroatoms. The largest absolute Gasteiger partial charge is 0.307 e. The van der Waals surface area contributed by atoms with Crippen LogP contribution in [0.1, 0.15) is 56.7 Å². The Kier molecular flexibility index (Phi) is 5.17. The first-order valence-corrected chi connectivity index (χ1v) is 8.76. The summed E-state index contributed by atoms with van der Waals surface area (Å²) in [5, 5.41) is 3.67. The van der Waals surface area contributed by atoms with Crippen LogP contribution in [0.15, 0.2) is 24.3 Å². The van der Waals surface area contributed by atoms with Gasteiger partial charge in [0, 0.05) is 34.4 Å². The molecule has 1 saturated heterocycles. The van der Waals surface area contributed by atoms with E-state index in [0.29, 0.717) is 18.0 Å². The third-order valence-electron chi connectivity index (χ3n) is 3.98. The Labute approximate surface area is 119 Å². The second-order valence-corrected chi connectivity index (χ2v) is 7.53. The van der Waals surface area contributed by atoms with Gasteiger partial charge in [0.15, 0.2) is 0 Å². The van der Waals surface area contributed by atoms with Crippen LogP contribution in [0.4, 0.5) is 0 Å². The van der Waals surface area contributed by atoms with Crippen LogP contribution in [0.5, 0.6) is 0 Å². The van der Waals surface area contributed by atoms with Gasteiger partial charge in [-0.05, 0) is 36.8 Å². The molecule has 1 aliphatic heterocycles. The molecule has 106 valence electrons. The lowest BCUT2D eigenvalue weighted by Gasteiger charge is -2.26. The standard InChI is InChI=1S/C16H25NOS/c1-12(2)14-4-6-15(7-5-14)13(3)17-16-8-10-19(18)11-9-16/h4-7,12-13,16-17H,8-11H2,1-3H3. The van der Waals surface area contributed by atoms with Gasteiger partial charge in [-0.25, -0.2) is 0 Å². The molecule has 19 heavy (non-hydrogen) atoms. The first-order valence-electron chi connectivity index (χ1n) is 7.27. The Balaban J connectivity index is 1.92. The molecule has 1 N–H and O–H groups in total. The number of nitrogens with one attached hydrogen (secondary N) is 1. The summed E-state index contributed by atoms with van der Waals surface area (Å²) in [6.45, 7) is 6.66. The molecule has 1 aliphatic rings. The molecule has 0 spiro atoms. The maximum absolute atomic E-state index is 11.3. The monoisotopic (exact) mass is 279 g/mol.